The molecule has 4 aromatic rings. The minimum Gasteiger partial charge on any atom is -0.452 e. The fourth-order valence-electron chi connectivity index (χ4n) is 5.19. The highest BCUT2D eigenvalue weighted by Gasteiger charge is 2.30. The first-order valence-electron chi connectivity index (χ1n) is 13.5. The van der Waals surface area contributed by atoms with Crippen LogP contribution in [0, 0.1) is 0 Å². The van der Waals surface area contributed by atoms with E-state index in [9.17, 15) is 22.8 Å². The summed E-state index contributed by atoms with van der Waals surface area (Å²) in [6.07, 6.45) is -2.24. The second-order valence-electron chi connectivity index (χ2n) is 10.5. The maximum absolute atomic E-state index is 13.1. The summed E-state index contributed by atoms with van der Waals surface area (Å²) in [4.78, 5) is 26.4. The molecule has 0 unspecified atom stereocenters. The van der Waals surface area contributed by atoms with Crippen molar-refractivity contribution in [3.05, 3.63) is 95.6 Å². The van der Waals surface area contributed by atoms with Gasteiger partial charge in [0.15, 0.2) is 6.61 Å². The van der Waals surface area contributed by atoms with Gasteiger partial charge in [-0.3, -0.25) is 4.79 Å². The highest BCUT2D eigenvalue weighted by Crippen LogP contribution is 2.36. The van der Waals surface area contributed by atoms with Crippen LogP contribution in [0.3, 0.4) is 0 Å². The Bertz CT molecular complexity index is 1560. The first-order valence-corrected chi connectivity index (χ1v) is 13.5. The second-order valence-corrected chi connectivity index (χ2v) is 10.5. The number of benzene rings is 4. The molecule has 5 rings (SSSR count). The van der Waals surface area contributed by atoms with E-state index >= 15 is 0 Å². The number of nitrogens with one attached hydrogen (secondary N) is 1. The second kappa shape index (κ2) is 11.7. The first kappa shape index (κ1) is 28.4. The number of ether oxygens (including phenoxy) is 1. The Morgan fingerprint density at radius 3 is 2.12 bits per heavy atom. The number of amides is 1. The van der Waals surface area contributed by atoms with Gasteiger partial charge in [0.05, 0.1) is 11.1 Å². The van der Waals surface area contributed by atoms with Gasteiger partial charge in [-0.25, -0.2) is 4.79 Å². The van der Waals surface area contributed by atoms with Crippen LogP contribution < -0.4 is 5.32 Å². The van der Waals surface area contributed by atoms with Crippen LogP contribution in [0.1, 0.15) is 40.2 Å². The van der Waals surface area contributed by atoms with Crippen molar-refractivity contribution in [3.63, 3.8) is 0 Å². The summed E-state index contributed by atoms with van der Waals surface area (Å²) in [6.45, 7) is 1.62. The van der Waals surface area contributed by atoms with E-state index in [4.69, 9.17) is 4.74 Å². The Kier molecular flexibility index (Phi) is 8.13. The van der Waals surface area contributed by atoms with Crippen molar-refractivity contribution in [1.82, 2.24) is 10.2 Å². The van der Waals surface area contributed by atoms with Crippen molar-refractivity contribution in [1.29, 1.82) is 0 Å². The SMILES string of the molecule is CN(C)C(=O)COC(=O)c1cc(-c2ccc(C3CCNCC3)cc2)c2ccc(-c3ccc(C(F)(F)F)cc3)cc2c1. The molecule has 0 saturated carbocycles. The van der Waals surface area contributed by atoms with Crippen molar-refractivity contribution in [2.75, 3.05) is 33.8 Å². The van der Waals surface area contributed by atoms with Gasteiger partial charge in [-0.2, -0.15) is 13.2 Å². The van der Waals surface area contributed by atoms with E-state index in [2.05, 4.69) is 29.6 Å². The molecular formula is C33H31F3N2O3. The number of fused-ring (bicyclic) bond motifs is 1. The van der Waals surface area contributed by atoms with Crippen LogP contribution in [0.15, 0.2) is 78.9 Å². The summed E-state index contributed by atoms with van der Waals surface area (Å²) in [5.41, 5.74) is 3.93. The lowest BCUT2D eigenvalue weighted by Crippen LogP contribution is -2.27. The van der Waals surface area contributed by atoms with Gasteiger partial charge >= 0.3 is 12.1 Å². The molecular weight excluding hydrogens is 529 g/mol. The minimum absolute atomic E-state index is 0.283. The average Bonchev–Trinajstić information content (AvgIpc) is 2.99. The van der Waals surface area contributed by atoms with Crippen molar-refractivity contribution in [2.24, 2.45) is 0 Å². The van der Waals surface area contributed by atoms with Gasteiger partial charge in [-0.05, 0) is 101 Å². The first-order chi connectivity index (χ1) is 19.6. The normalized spacial score (nSPS) is 14.2. The van der Waals surface area contributed by atoms with Crippen molar-refractivity contribution in [2.45, 2.75) is 24.9 Å². The van der Waals surface area contributed by atoms with Crippen molar-refractivity contribution in [3.8, 4) is 22.3 Å². The summed E-state index contributed by atoms with van der Waals surface area (Å²) < 4.78 is 44.5. The van der Waals surface area contributed by atoms with E-state index in [1.807, 2.05) is 18.2 Å². The Labute approximate surface area is 236 Å². The minimum atomic E-state index is -4.41. The van der Waals surface area contributed by atoms with Gasteiger partial charge in [0, 0.05) is 14.1 Å². The molecule has 1 fully saturated rings. The zero-order valence-corrected chi connectivity index (χ0v) is 22.9. The molecule has 1 N–H and O–H groups in total. The quantitative estimate of drug-likeness (QED) is 0.261. The average molecular weight is 561 g/mol. The Morgan fingerprint density at radius 2 is 1.49 bits per heavy atom. The third kappa shape index (κ3) is 6.43. The lowest BCUT2D eigenvalue weighted by atomic mass is 9.88. The number of carbonyl (C=O) groups excluding carboxylic acids is 2. The number of piperidine rings is 1. The van der Waals surface area contributed by atoms with Gasteiger partial charge in [0.1, 0.15) is 0 Å². The van der Waals surface area contributed by atoms with Gasteiger partial charge in [0.2, 0.25) is 0 Å². The molecule has 0 bridgehead atoms. The fourth-order valence-corrected chi connectivity index (χ4v) is 5.19. The molecule has 1 heterocycles. The zero-order chi connectivity index (χ0) is 29.1. The van der Waals surface area contributed by atoms with E-state index in [-0.39, 0.29) is 18.1 Å². The molecule has 4 aromatic carbocycles. The van der Waals surface area contributed by atoms with Crippen molar-refractivity contribution < 1.29 is 27.5 Å². The number of hydrogen-bond acceptors (Lipinski definition) is 4. The van der Waals surface area contributed by atoms with Crippen LogP contribution in [0.2, 0.25) is 0 Å². The highest BCUT2D eigenvalue weighted by atomic mass is 19.4. The maximum atomic E-state index is 13.1. The summed E-state index contributed by atoms with van der Waals surface area (Å²) in [7, 11) is 3.17. The molecule has 41 heavy (non-hydrogen) atoms. The molecule has 0 aliphatic carbocycles. The molecule has 212 valence electrons. The Balaban J connectivity index is 1.54. The molecule has 0 atom stereocenters. The molecule has 1 amide bonds. The largest absolute Gasteiger partial charge is 0.452 e. The zero-order valence-electron chi connectivity index (χ0n) is 22.9. The number of likely N-dealkylation sites (N-methyl/N-ethyl adjacent to an activating group) is 1. The number of hydrogen-bond donors (Lipinski definition) is 1. The molecule has 1 aliphatic heterocycles. The molecule has 0 spiro atoms. The maximum Gasteiger partial charge on any atom is 0.416 e. The van der Waals surface area contributed by atoms with Crippen LogP contribution >= 0.6 is 0 Å². The summed E-state index contributed by atoms with van der Waals surface area (Å²) >= 11 is 0. The summed E-state index contributed by atoms with van der Waals surface area (Å²) in [5.74, 6) is -0.462. The third-order valence-electron chi connectivity index (χ3n) is 7.59. The monoisotopic (exact) mass is 560 g/mol. The molecule has 0 aromatic heterocycles. The van der Waals surface area contributed by atoms with Crippen LogP contribution in [0.5, 0.6) is 0 Å². The van der Waals surface area contributed by atoms with Crippen molar-refractivity contribution >= 4 is 22.6 Å². The van der Waals surface area contributed by atoms with Crippen LogP contribution in [0.25, 0.3) is 33.0 Å². The predicted octanol–water partition coefficient (Wildman–Crippen LogP) is 6.90. The number of esters is 1. The molecule has 8 heteroatoms. The standard InChI is InChI=1S/C33H31F3N2O3/c1-38(2)31(39)20-41-32(40)27-18-26-17-25(22-7-10-28(11-8-22)33(34,35)36)9-12-29(26)30(19-27)24-5-3-21(4-6-24)23-13-15-37-16-14-23/h3-12,17-19,23,37H,13-16,20H2,1-2H3. The summed E-state index contributed by atoms with van der Waals surface area (Å²) in [5, 5.41) is 5.01. The third-order valence-corrected chi connectivity index (χ3v) is 7.59. The van der Waals surface area contributed by atoms with E-state index in [0.717, 1.165) is 60.0 Å². The Morgan fingerprint density at radius 1 is 0.854 bits per heavy atom. The number of halogens is 3. The highest BCUT2D eigenvalue weighted by molar-refractivity contribution is 6.04. The smallest absolute Gasteiger partial charge is 0.416 e. The predicted molar refractivity (Wildman–Crippen MR) is 154 cm³/mol. The molecule has 1 saturated heterocycles. The van der Waals surface area contributed by atoms with Gasteiger partial charge in [-0.15, -0.1) is 0 Å². The Hall–Kier alpha value is -4.17. The van der Waals surface area contributed by atoms with E-state index in [0.29, 0.717) is 17.0 Å². The molecule has 1 aliphatic rings. The van der Waals surface area contributed by atoms with Crippen LogP contribution in [0.4, 0.5) is 13.2 Å². The van der Waals surface area contributed by atoms with Crippen LogP contribution in [-0.4, -0.2) is 50.6 Å². The van der Waals surface area contributed by atoms with Gasteiger partial charge in [0.25, 0.3) is 5.91 Å². The van der Waals surface area contributed by atoms with E-state index < -0.39 is 17.7 Å². The topological polar surface area (TPSA) is 58.6 Å². The summed E-state index contributed by atoms with van der Waals surface area (Å²) in [6, 6.07) is 22.5. The van der Waals surface area contributed by atoms with Gasteiger partial charge < -0.3 is 15.0 Å². The number of nitrogens with zero attached hydrogens (tertiary/aromatic N) is 1. The van der Waals surface area contributed by atoms with Gasteiger partial charge in [-0.1, -0.05) is 48.5 Å². The number of rotatable bonds is 6. The lowest BCUT2D eigenvalue weighted by molar-refractivity contribution is -0.137. The number of alkyl halides is 3. The fraction of sp³-hybridized carbons (Fsp3) is 0.273. The van der Waals surface area contributed by atoms with E-state index in [1.165, 1.54) is 22.6 Å². The van der Waals surface area contributed by atoms with Crippen LogP contribution in [-0.2, 0) is 15.7 Å². The van der Waals surface area contributed by atoms with E-state index in [1.54, 1.807) is 26.2 Å². The number of carbonyl (C=O) groups is 2. The molecule has 5 nitrogen and oxygen atoms in total. The molecule has 0 radical (unpaired) electrons. The lowest BCUT2D eigenvalue weighted by Gasteiger charge is -2.23.